The third-order valence-electron chi connectivity index (χ3n) is 0. The van der Waals surface area contributed by atoms with Gasteiger partial charge in [0, 0.05) is 0 Å². The Morgan fingerprint density at radius 2 is 1.43 bits per heavy atom. The van der Waals surface area contributed by atoms with Crippen LogP contribution in [0.2, 0.25) is 0 Å². The van der Waals surface area contributed by atoms with Crippen LogP contribution in [0.5, 0.6) is 0 Å². The molecule has 7 heteroatoms. The van der Waals surface area contributed by atoms with Gasteiger partial charge in [-0.25, -0.2) is 5.90 Å². The van der Waals surface area contributed by atoms with Gasteiger partial charge in [0.2, 0.25) is 0 Å². The Morgan fingerprint density at radius 1 is 1.43 bits per heavy atom. The molecule has 0 atom stereocenters. The standard InChI is InChI=1S/NO3.H3NO.Na/c2-1(3)4;1-2;/h;2H,1H2;/q-1;;+1. The van der Waals surface area contributed by atoms with Crippen molar-refractivity contribution in [3.8, 4) is 0 Å². The summed E-state index contributed by atoms with van der Waals surface area (Å²) in [6.07, 6.45) is 0. The first-order valence-electron chi connectivity index (χ1n) is 0.806. The third-order valence-corrected chi connectivity index (χ3v) is 0. The smallest absolute Gasteiger partial charge is 0.356 e. The van der Waals surface area contributed by atoms with Gasteiger partial charge in [0.05, 0.1) is 5.09 Å². The molecule has 0 aromatic heterocycles. The number of nitrogens with two attached hydrogens (primary N) is 1. The van der Waals surface area contributed by atoms with E-state index in [1.54, 1.807) is 0 Å². The average Bonchev–Trinajstić information content (AvgIpc) is 1.41. The van der Waals surface area contributed by atoms with Gasteiger partial charge in [-0.2, -0.15) is 0 Å². The molecule has 0 aliphatic carbocycles. The van der Waals surface area contributed by atoms with Crippen LogP contribution in [-0.2, 0) is 0 Å². The van der Waals surface area contributed by atoms with Crippen LogP contribution in [0.1, 0.15) is 0 Å². The third kappa shape index (κ3) is 7210. The summed E-state index contributed by atoms with van der Waals surface area (Å²) in [6, 6.07) is 0. The Hall–Kier alpha value is 0.120. The van der Waals surface area contributed by atoms with E-state index in [-0.39, 0.29) is 29.6 Å². The van der Waals surface area contributed by atoms with Gasteiger partial charge in [-0.05, 0) is 0 Å². The van der Waals surface area contributed by atoms with E-state index in [2.05, 4.69) is 5.90 Å². The summed E-state index contributed by atoms with van der Waals surface area (Å²) >= 11 is 0. The molecule has 0 saturated heterocycles. The molecule has 0 aromatic rings. The average molecular weight is 118 g/mol. The first-order chi connectivity index (χ1) is 2.73. The van der Waals surface area contributed by atoms with Gasteiger partial charge in [-0.15, -0.1) is 0 Å². The maximum absolute atomic E-state index is 8.25. The second-order valence-corrected chi connectivity index (χ2v) is 0.224. The number of hydrogen-bond donors (Lipinski definition) is 2. The largest absolute Gasteiger partial charge is 1.00 e. The molecule has 38 valence electrons. The van der Waals surface area contributed by atoms with Gasteiger partial charge in [0.25, 0.3) is 0 Å². The fourth-order valence-corrected chi connectivity index (χ4v) is 0. The minimum absolute atomic E-state index is 0. The Labute approximate surface area is 61.3 Å². The monoisotopic (exact) mass is 118 g/mol. The fourth-order valence-electron chi connectivity index (χ4n) is 0. The van der Waals surface area contributed by atoms with E-state index in [1.807, 2.05) is 0 Å². The summed E-state index contributed by atoms with van der Waals surface area (Å²) in [5.74, 6) is 3.50. The van der Waals surface area contributed by atoms with Crippen LogP contribution in [0, 0.1) is 15.3 Å². The van der Waals surface area contributed by atoms with E-state index in [0.717, 1.165) is 0 Å². The topological polar surface area (TPSA) is 112 Å². The van der Waals surface area contributed by atoms with Gasteiger partial charge in [0.1, 0.15) is 0 Å². The summed E-state index contributed by atoms with van der Waals surface area (Å²) in [5.41, 5.74) is 0. The number of rotatable bonds is 0. The SMILES string of the molecule is NO.O=[N+]([O-])[O-].[Na+]. The molecule has 0 fully saturated rings. The zero-order valence-electron chi connectivity index (χ0n) is 3.70. The second kappa shape index (κ2) is 16.5. The van der Waals surface area contributed by atoms with E-state index in [4.69, 9.17) is 20.5 Å². The predicted molar refractivity (Wildman–Crippen MR) is 16.3 cm³/mol. The fraction of sp³-hybridized carbons (Fsp3) is 0. The zero-order valence-corrected chi connectivity index (χ0v) is 5.70. The van der Waals surface area contributed by atoms with Crippen LogP contribution >= 0.6 is 0 Å². The van der Waals surface area contributed by atoms with Crippen LogP contribution in [-0.4, -0.2) is 10.3 Å². The van der Waals surface area contributed by atoms with E-state index in [9.17, 15) is 0 Å². The molecule has 6 nitrogen and oxygen atoms in total. The molecule has 0 aliphatic heterocycles. The predicted octanol–water partition coefficient (Wildman–Crippen LogP) is -3.90. The van der Waals surface area contributed by atoms with E-state index in [0.29, 0.717) is 0 Å². The van der Waals surface area contributed by atoms with Crippen molar-refractivity contribution < 1.29 is 39.9 Å². The first kappa shape index (κ1) is 15.7. The van der Waals surface area contributed by atoms with E-state index >= 15 is 0 Å². The van der Waals surface area contributed by atoms with Crippen molar-refractivity contribution in [3.63, 3.8) is 0 Å². The number of hydrogen-bond acceptors (Lipinski definition) is 5. The molecule has 0 heterocycles. The molecule has 7 heavy (non-hydrogen) atoms. The minimum atomic E-state index is -1.75. The van der Waals surface area contributed by atoms with Gasteiger partial charge < -0.3 is 20.5 Å². The Balaban J connectivity index is -0.0000000480. The van der Waals surface area contributed by atoms with Gasteiger partial charge in [0.15, 0.2) is 0 Å². The molecule has 0 spiro atoms. The molecule has 0 unspecified atom stereocenters. The van der Waals surface area contributed by atoms with E-state index < -0.39 is 5.09 Å². The van der Waals surface area contributed by atoms with Crippen molar-refractivity contribution in [1.82, 2.24) is 0 Å². The molecule has 0 radical (unpaired) electrons. The van der Waals surface area contributed by atoms with Crippen LogP contribution in [0.3, 0.4) is 0 Å². The molecule has 0 aromatic carbocycles. The second-order valence-electron chi connectivity index (χ2n) is 0.224. The van der Waals surface area contributed by atoms with Crippen LogP contribution < -0.4 is 35.5 Å². The van der Waals surface area contributed by atoms with Gasteiger partial charge in [-0.3, -0.25) is 0 Å². The molecule has 0 bridgehead atoms. The van der Waals surface area contributed by atoms with E-state index in [1.165, 1.54) is 0 Å². The van der Waals surface area contributed by atoms with Crippen LogP contribution in [0.4, 0.5) is 0 Å². The zero-order chi connectivity index (χ0) is 5.58. The molecule has 0 saturated carbocycles. The Kier molecular flexibility index (Phi) is 37.0. The van der Waals surface area contributed by atoms with Crippen molar-refractivity contribution in [2.45, 2.75) is 0 Å². The normalized spacial score (nSPS) is 4.29. The Morgan fingerprint density at radius 3 is 1.43 bits per heavy atom. The van der Waals surface area contributed by atoms with Crippen molar-refractivity contribution in [2.75, 3.05) is 0 Å². The van der Waals surface area contributed by atoms with Crippen molar-refractivity contribution in [2.24, 2.45) is 5.90 Å². The quantitative estimate of drug-likeness (QED) is 0.192. The maximum Gasteiger partial charge on any atom is 1.00 e. The first-order valence-corrected chi connectivity index (χ1v) is 0.806. The molecule has 0 amide bonds. The molecule has 0 aliphatic rings. The van der Waals surface area contributed by atoms with Crippen LogP contribution in [0.25, 0.3) is 0 Å². The van der Waals surface area contributed by atoms with Crippen molar-refractivity contribution in [1.29, 1.82) is 0 Å². The van der Waals surface area contributed by atoms with Crippen molar-refractivity contribution >= 4 is 0 Å². The molecular weight excluding hydrogens is 115 g/mol. The summed E-state index contributed by atoms with van der Waals surface area (Å²) in [5, 5.41) is 21.2. The summed E-state index contributed by atoms with van der Waals surface area (Å²) in [6.45, 7) is 0. The summed E-state index contributed by atoms with van der Waals surface area (Å²) < 4.78 is 0. The van der Waals surface area contributed by atoms with Gasteiger partial charge >= 0.3 is 29.6 Å². The molecule has 0 rings (SSSR count). The number of nitrogens with zero attached hydrogens (tertiary/aromatic N) is 1. The van der Waals surface area contributed by atoms with Gasteiger partial charge in [-0.1, -0.05) is 0 Å². The Bertz CT molecular complexity index is 32.7. The maximum atomic E-state index is 8.25. The van der Waals surface area contributed by atoms with Crippen LogP contribution in [0.15, 0.2) is 0 Å². The van der Waals surface area contributed by atoms with Crippen molar-refractivity contribution in [3.05, 3.63) is 15.3 Å². The minimum Gasteiger partial charge on any atom is -0.356 e. The molecule has 3 N–H and O–H groups in total. The molecular formula is H3N2NaO4. The summed E-state index contributed by atoms with van der Waals surface area (Å²) in [7, 11) is 0. The summed E-state index contributed by atoms with van der Waals surface area (Å²) in [4.78, 5) is 8.25.